The fourth-order valence-electron chi connectivity index (χ4n) is 8.60. The summed E-state index contributed by atoms with van der Waals surface area (Å²) in [7, 11) is 0. The molecule has 33 nitrogen and oxygen atoms in total. The van der Waals surface area contributed by atoms with Crippen LogP contribution in [0, 0.1) is 5.92 Å². The van der Waals surface area contributed by atoms with Gasteiger partial charge in [-0.05, 0) is 71.6 Å². The molecular formula is C48H77N13O20S. The molecule has 2 aliphatic rings. The Balaban J connectivity index is 2.35. The normalized spacial score (nSPS) is 18.9. The van der Waals surface area contributed by atoms with Gasteiger partial charge in [0, 0.05) is 38.1 Å². The molecule has 0 saturated carbocycles. The number of rotatable bonds is 34. The van der Waals surface area contributed by atoms with E-state index in [4.69, 9.17) is 17.2 Å². The maximum atomic E-state index is 14.4. The monoisotopic (exact) mass is 1190 g/mol. The largest absolute Gasteiger partial charge is 0.481 e. The summed E-state index contributed by atoms with van der Waals surface area (Å²) >= 11 is 4.04. The van der Waals surface area contributed by atoms with Crippen molar-refractivity contribution in [3.8, 4) is 0 Å². The first kappa shape index (κ1) is 70.4. The van der Waals surface area contributed by atoms with Crippen molar-refractivity contribution in [2.24, 2.45) is 23.1 Å². The molecule has 2 aliphatic heterocycles. The number of carboxylic acids is 3. The molecule has 0 aromatic heterocycles. The fraction of sp³-hybridized carbons (Fsp3) is 0.688. The minimum atomic E-state index is -1.96. The lowest BCUT2D eigenvalue weighted by Gasteiger charge is -2.32. The van der Waals surface area contributed by atoms with Gasteiger partial charge in [0.25, 0.3) is 0 Å². The highest BCUT2D eigenvalue weighted by atomic mass is 32.1. The molecule has 0 spiro atoms. The van der Waals surface area contributed by atoms with E-state index in [2.05, 4.69) is 49.8 Å². The zero-order valence-electron chi connectivity index (χ0n) is 45.9. The Hall–Kier alpha value is -7.72. The van der Waals surface area contributed by atoms with Gasteiger partial charge in [-0.3, -0.25) is 67.1 Å². The Kier molecular flexibility index (Phi) is 28.6. The van der Waals surface area contributed by atoms with Crippen molar-refractivity contribution in [3.05, 3.63) is 0 Å². The van der Waals surface area contributed by atoms with E-state index in [1.165, 1.54) is 13.8 Å². The molecule has 34 heteroatoms. The second-order valence-electron chi connectivity index (χ2n) is 20.2. The predicted molar refractivity (Wildman–Crippen MR) is 284 cm³/mol. The maximum absolute atomic E-state index is 14.4. The van der Waals surface area contributed by atoms with Gasteiger partial charge in [-0.15, -0.1) is 0 Å². The number of likely N-dealkylation sites (tertiary alicyclic amines) is 2. The van der Waals surface area contributed by atoms with Crippen LogP contribution in [0.1, 0.15) is 105 Å². The van der Waals surface area contributed by atoms with E-state index in [1.54, 1.807) is 13.8 Å². The Morgan fingerprint density at radius 2 is 0.927 bits per heavy atom. The lowest BCUT2D eigenvalue weighted by molar-refractivity contribution is -0.146. The molecule has 13 atom stereocenters. The number of nitrogens with two attached hydrogens (primary N) is 3. The highest BCUT2D eigenvalue weighted by Gasteiger charge is 2.43. The first-order valence-corrected chi connectivity index (χ1v) is 26.8. The average Bonchev–Trinajstić information content (AvgIpc) is 4.29. The third-order valence-corrected chi connectivity index (χ3v) is 13.6. The topological polar surface area (TPSA) is 538 Å². The van der Waals surface area contributed by atoms with E-state index in [0.29, 0.717) is 0 Å². The van der Waals surface area contributed by atoms with Crippen LogP contribution in [-0.2, 0) is 71.9 Å². The fourth-order valence-corrected chi connectivity index (χ4v) is 8.86. The Morgan fingerprint density at radius 1 is 0.500 bits per heavy atom. The van der Waals surface area contributed by atoms with Crippen LogP contribution < -0.4 is 59.7 Å². The number of aliphatic hydroxyl groups is 2. The molecule has 460 valence electrons. The average molecular weight is 1190 g/mol. The van der Waals surface area contributed by atoms with E-state index >= 15 is 0 Å². The highest BCUT2D eigenvalue weighted by Crippen LogP contribution is 2.23. The minimum Gasteiger partial charge on any atom is -0.481 e. The van der Waals surface area contributed by atoms with Crippen molar-refractivity contribution in [3.63, 3.8) is 0 Å². The van der Waals surface area contributed by atoms with Crippen molar-refractivity contribution in [2.75, 3.05) is 18.8 Å². The SMILES string of the molecule is CC(C)[C@H](NC(=O)[C@H](C)NC(=O)[C@@H](N)[C@@H](C)O)C(=O)N[C@@H](CCC(N)=O)C(=O)N1CCC[C@H]1C(=O)N[C@@H](CCC(N)=O)C(=O)N1CCC[C@H]1C(=O)N[C@@H](CC(=O)O)C(=O)N[C@@H](CS)C(=O)N[C@@H](CCC(=O)O)C(=O)N[C@H](C(=O)O)[C@@H](C)O. The van der Waals surface area contributed by atoms with Gasteiger partial charge in [0.1, 0.15) is 60.4 Å². The van der Waals surface area contributed by atoms with Gasteiger partial charge in [0.2, 0.25) is 70.9 Å². The van der Waals surface area contributed by atoms with E-state index in [0.717, 1.165) is 16.7 Å². The number of primary amides is 2. The van der Waals surface area contributed by atoms with Crippen LogP contribution in [0.15, 0.2) is 0 Å². The number of nitrogens with zero attached hydrogens (tertiary/aromatic N) is 2. The highest BCUT2D eigenvalue weighted by molar-refractivity contribution is 7.80. The molecule has 2 fully saturated rings. The standard InChI is InChI=1S/C48H77N13O20S/c1-20(2)36(58-38(70)21(3)52-44(76)35(51)22(4)62)45(77)55-26(11-14-32(50)65)47(79)60-16-6-8-29(60)42(74)54-25(10-13-31(49)64)46(78)61-17-7-9-30(61)43(75)56-27(18-34(68)69)40(72)57-28(19-82)41(73)53-24(12-15-33(66)67)39(71)59-37(23(5)63)48(80)81/h20-30,35-37,62-63,82H,6-19,51H2,1-5H3,(H2,49,64)(H2,50,65)(H,52,76)(H,53,73)(H,54,74)(H,55,77)(H,56,75)(H,57,72)(H,58,70)(H,59,71)(H,66,67)(H,68,69)(H,80,81)/t21-,22+,23+,24-,25-,26-,27-,28-,29-,30-,35-,36-,37-/m0/s1. The van der Waals surface area contributed by atoms with Gasteiger partial charge in [-0.2, -0.15) is 12.6 Å². The molecule has 12 amide bonds. The summed E-state index contributed by atoms with van der Waals surface area (Å²) in [6, 6.07) is -17.1. The van der Waals surface area contributed by atoms with Crippen LogP contribution >= 0.6 is 12.6 Å². The molecule has 0 aromatic carbocycles. The van der Waals surface area contributed by atoms with Crippen molar-refractivity contribution in [1.82, 2.24) is 52.3 Å². The number of carbonyl (C=O) groups is 15. The molecule has 2 saturated heterocycles. The van der Waals surface area contributed by atoms with Gasteiger partial charge in [0.15, 0.2) is 6.04 Å². The second-order valence-corrected chi connectivity index (χ2v) is 20.6. The van der Waals surface area contributed by atoms with E-state index in [-0.39, 0.29) is 45.2 Å². The third-order valence-electron chi connectivity index (χ3n) is 13.2. The lowest BCUT2D eigenvalue weighted by Crippen LogP contribution is -2.61. The third kappa shape index (κ3) is 22.0. The molecule has 82 heavy (non-hydrogen) atoms. The second kappa shape index (κ2) is 33.3. The molecule has 0 aromatic rings. The molecule has 0 radical (unpaired) electrons. The van der Waals surface area contributed by atoms with Crippen LogP contribution in [0.25, 0.3) is 0 Å². The minimum absolute atomic E-state index is 0.00706. The van der Waals surface area contributed by atoms with Crippen molar-refractivity contribution >= 4 is 101 Å². The van der Waals surface area contributed by atoms with Crippen LogP contribution in [-0.4, -0.2) is 222 Å². The first-order chi connectivity index (χ1) is 38.2. The lowest BCUT2D eigenvalue weighted by atomic mass is 10.0. The zero-order valence-corrected chi connectivity index (χ0v) is 46.8. The predicted octanol–water partition coefficient (Wildman–Crippen LogP) is -7.50. The molecule has 0 bridgehead atoms. The van der Waals surface area contributed by atoms with Crippen LogP contribution in [0.2, 0.25) is 0 Å². The van der Waals surface area contributed by atoms with E-state index < -0.39 is 218 Å². The Bertz CT molecular complexity index is 2400. The van der Waals surface area contributed by atoms with Gasteiger partial charge >= 0.3 is 17.9 Å². The molecule has 2 heterocycles. The zero-order chi connectivity index (χ0) is 62.5. The molecular weight excluding hydrogens is 1110 g/mol. The molecule has 19 N–H and O–H groups in total. The quantitative estimate of drug-likeness (QED) is 0.0266. The van der Waals surface area contributed by atoms with Gasteiger partial charge in [-0.1, -0.05) is 13.8 Å². The molecule has 0 unspecified atom stereocenters. The Labute approximate surface area is 475 Å². The maximum Gasteiger partial charge on any atom is 0.328 e. The van der Waals surface area contributed by atoms with E-state index in [9.17, 15) is 97.5 Å². The number of aliphatic hydroxyl groups excluding tert-OH is 2. The van der Waals surface area contributed by atoms with Crippen LogP contribution in [0.5, 0.6) is 0 Å². The summed E-state index contributed by atoms with van der Waals surface area (Å²) in [5, 5.41) is 66.3. The first-order valence-electron chi connectivity index (χ1n) is 26.2. The van der Waals surface area contributed by atoms with Crippen molar-refractivity contribution < 1.29 is 97.5 Å². The van der Waals surface area contributed by atoms with Crippen LogP contribution in [0.3, 0.4) is 0 Å². The summed E-state index contributed by atoms with van der Waals surface area (Å²) < 4.78 is 0. The van der Waals surface area contributed by atoms with Crippen molar-refractivity contribution in [2.45, 2.75) is 184 Å². The number of thiol groups is 1. The number of aliphatic carboxylic acids is 3. The van der Waals surface area contributed by atoms with Gasteiger partial charge in [-0.25, -0.2) is 4.79 Å². The smallest absolute Gasteiger partial charge is 0.328 e. The number of hydrogen-bond donors (Lipinski definition) is 17. The van der Waals surface area contributed by atoms with E-state index in [1.807, 2.05) is 5.32 Å². The van der Waals surface area contributed by atoms with Gasteiger partial charge < -0.3 is 95.1 Å². The molecule has 0 aliphatic carbocycles. The summed E-state index contributed by atoms with van der Waals surface area (Å²) in [6.07, 6.45) is -6.73. The van der Waals surface area contributed by atoms with Gasteiger partial charge in [0.05, 0.1) is 18.6 Å². The van der Waals surface area contributed by atoms with Crippen molar-refractivity contribution in [1.29, 1.82) is 0 Å². The summed E-state index contributed by atoms with van der Waals surface area (Å²) in [6.45, 7) is 6.52. The number of carboxylic acid groups (broad SMARTS) is 3. The summed E-state index contributed by atoms with van der Waals surface area (Å²) in [5.74, 6) is -17.7. The number of carbonyl (C=O) groups excluding carboxylic acids is 12. The van der Waals surface area contributed by atoms with Crippen LogP contribution in [0.4, 0.5) is 0 Å². The summed E-state index contributed by atoms with van der Waals surface area (Å²) in [4.78, 5) is 197. The number of nitrogens with one attached hydrogen (secondary N) is 8. The Morgan fingerprint density at radius 3 is 1.35 bits per heavy atom. The summed E-state index contributed by atoms with van der Waals surface area (Å²) in [5.41, 5.74) is 16.5. The number of amides is 12. The molecule has 2 rings (SSSR count). The number of hydrogen-bond acceptors (Lipinski definition) is 19.